The molecule has 2 heterocycles. The van der Waals surface area contributed by atoms with Gasteiger partial charge < -0.3 is 15.5 Å². The molecule has 0 unspecified atom stereocenters. The third-order valence-electron chi connectivity index (χ3n) is 6.33. The number of aryl methyl sites for hydroxylation is 1. The Bertz CT molecular complexity index is 1870. The summed E-state index contributed by atoms with van der Waals surface area (Å²) in [6.07, 6.45) is 2.97. The fourth-order valence-corrected chi connectivity index (χ4v) is 5.50. The minimum absolute atomic E-state index is 0.000494. The second-order valence-electron chi connectivity index (χ2n) is 9.32. The molecular weight excluding hydrogens is 566 g/mol. The number of aromatic nitrogens is 1. The molecule has 4 aromatic rings. The van der Waals surface area contributed by atoms with Crippen LogP contribution in [0.4, 0.5) is 5.69 Å². The van der Waals surface area contributed by atoms with E-state index >= 15 is 0 Å². The highest BCUT2D eigenvalue weighted by Gasteiger charge is 2.25. The largest absolute Gasteiger partial charge is 0.455 e. The third-order valence-corrected chi connectivity index (χ3v) is 7.89. The van der Waals surface area contributed by atoms with Crippen LogP contribution in [0.5, 0.6) is 0 Å². The Morgan fingerprint density at radius 2 is 1.85 bits per heavy atom. The number of hydrogen-bond donors (Lipinski definition) is 4. The van der Waals surface area contributed by atoms with Gasteiger partial charge in [0.2, 0.25) is 0 Å². The number of fused-ring (bicyclic) bond motifs is 1. The van der Waals surface area contributed by atoms with Gasteiger partial charge in [-0.3, -0.25) is 14.6 Å². The SMILES string of the molecule is C[NH+]=C/C(=C\N)c1oc2c([C@@H](C)Nc3ccc(Cl)nc3C(=O)NS(=O)(=O)c3ccccc3)cc(C)cc2c(=O)c1C. The van der Waals surface area contributed by atoms with Crippen molar-refractivity contribution in [3.63, 3.8) is 0 Å². The standard InChI is InChI=1S/C29H28ClN5O5S/c1-16-12-21(28-22(13-16)26(36)17(2)27(40-28)19(14-31)15-32-4)18(3)33-23-10-11-24(30)34-25(23)29(37)35-41(38,39)20-8-6-5-7-9-20/h5-15,18,33H,31H2,1-4H3,(H,35,37)/p+1/b19-14+,32-15?/t18-/m1/s1. The Morgan fingerprint density at radius 1 is 1.15 bits per heavy atom. The lowest BCUT2D eigenvalue weighted by Gasteiger charge is -2.20. The number of amides is 1. The second kappa shape index (κ2) is 11.9. The number of nitrogens with two attached hydrogens (primary N) is 1. The quantitative estimate of drug-likeness (QED) is 0.179. The molecule has 0 fully saturated rings. The Morgan fingerprint density at radius 3 is 2.51 bits per heavy atom. The van der Waals surface area contributed by atoms with E-state index in [4.69, 9.17) is 21.8 Å². The van der Waals surface area contributed by atoms with Crippen LogP contribution in [0, 0.1) is 13.8 Å². The number of rotatable bonds is 8. The minimum Gasteiger partial charge on any atom is -0.455 e. The topological polar surface area (TPSA) is 158 Å². The third kappa shape index (κ3) is 6.16. The second-order valence-corrected chi connectivity index (χ2v) is 11.4. The van der Waals surface area contributed by atoms with Crippen LogP contribution in [0.25, 0.3) is 16.5 Å². The normalized spacial score (nSPS) is 13.0. The molecule has 0 aliphatic rings. The monoisotopic (exact) mass is 594 g/mol. The van der Waals surface area contributed by atoms with E-state index in [1.54, 1.807) is 44.5 Å². The first-order valence-corrected chi connectivity index (χ1v) is 14.4. The number of pyridine rings is 1. The first-order valence-electron chi connectivity index (χ1n) is 12.5. The van der Waals surface area contributed by atoms with Crippen LogP contribution in [0.15, 0.2) is 74.9 Å². The van der Waals surface area contributed by atoms with Crippen molar-refractivity contribution in [2.24, 2.45) is 5.73 Å². The van der Waals surface area contributed by atoms with E-state index in [1.165, 1.54) is 30.5 Å². The number of carbonyl (C=O) groups excluding carboxylic acids is 1. The lowest BCUT2D eigenvalue weighted by atomic mass is 9.99. The number of nitrogens with zero attached hydrogens (tertiary/aromatic N) is 1. The first-order chi connectivity index (χ1) is 19.5. The van der Waals surface area contributed by atoms with Gasteiger partial charge in [-0.25, -0.2) is 18.1 Å². The van der Waals surface area contributed by atoms with E-state index < -0.39 is 22.0 Å². The number of hydrogen-bond acceptors (Lipinski definition) is 8. The van der Waals surface area contributed by atoms with E-state index in [1.807, 2.05) is 24.6 Å². The molecule has 5 N–H and O–H groups in total. The maximum absolute atomic E-state index is 13.4. The van der Waals surface area contributed by atoms with Gasteiger partial charge in [0, 0.05) is 17.3 Å². The summed E-state index contributed by atoms with van der Waals surface area (Å²) in [5.74, 6) is -0.652. The molecule has 0 spiro atoms. The molecule has 2 aromatic heterocycles. The van der Waals surface area contributed by atoms with Gasteiger partial charge in [0.15, 0.2) is 17.3 Å². The fraction of sp³-hybridized carbons (Fsp3) is 0.172. The predicted octanol–water partition coefficient (Wildman–Crippen LogP) is 2.83. The van der Waals surface area contributed by atoms with Crippen molar-refractivity contribution in [3.05, 3.63) is 104 Å². The van der Waals surface area contributed by atoms with Gasteiger partial charge in [-0.1, -0.05) is 35.9 Å². The molecule has 2 aromatic carbocycles. The van der Waals surface area contributed by atoms with Crippen LogP contribution < -0.4 is 26.2 Å². The summed E-state index contributed by atoms with van der Waals surface area (Å²) in [6, 6.07) is 13.6. The molecule has 4 rings (SSSR count). The lowest BCUT2D eigenvalue weighted by molar-refractivity contribution is -0.412. The molecule has 0 aliphatic heterocycles. The van der Waals surface area contributed by atoms with Crippen molar-refractivity contribution in [2.45, 2.75) is 31.7 Å². The number of nitrogens with one attached hydrogen (secondary N) is 3. The van der Waals surface area contributed by atoms with Gasteiger partial charge in [0.25, 0.3) is 15.9 Å². The van der Waals surface area contributed by atoms with Crippen LogP contribution in [0.2, 0.25) is 5.15 Å². The number of sulfonamides is 1. The zero-order chi connectivity index (χ0) is 29.9. The maximum Gasteiger partial charge on any atom is 0.285 e. The van der Waals surface area contributed by atoms with Gasteiger partial charge in [-0.05, 0) is 56.7 Å². The predicted molar refractivity (Wildman–Crippen MR) is 159 cm³/mol. The van der Waals surface area contributed by atoms with E-state index in [9.17, 15) is 18.0 Å². The molecule has 1 amide bonds. The Kier molecular flexibility index (Phi) is 8.60. The van der Waals surface area contributed by atoms with Crippen molar-refractivity contribution in [1.82, 2.24) is 9.71 Å². The summed E-state index contributed by atoms with van der Waals surface area (Å²) in [6.45, 7) is 5.34. The average Bonchev–Trinajstić information content (AvgIpc) is 2.94. The maximum atomic E-state index is 13.4. The van der Waals surface area contributed by atoms with Gasteiger partial charge in [-0.15, -0.1) is 0 Å². The molecule has 0 aliphatic carbocycles. The number of allylic oxidation sites excluding steroid dienone is 1. The highest BCUT2D eigenvalue weighted by Crippen LogP contribution is 2.31. The summed E-state index contributed by atoms with van der Waals surface area (Å²) >= 11 is 6.08. The number of carbonyl (C=O) groups is 1. The Labute approximate surface area is 242 Å². The van der Waals surface area contributed by atoms with Crippen LogP contribution >= 0.6 is 11.6 Å². The lowest BCUT2D eigenvalue weighted by Crippen LogP contribution is -2.63. The Balaban J connectivity index is 1.77. The molecule has 10 nitrogen and oxygen atoms in total. The smallest absolute Gasteiger partial charge is 0.285 e. The van der Waals surface area contributed by atoms with E-state index in [0.29, 0.717) is 33.4 Å². The van der Waals surface area contributed by atoms with Crippen molar-refractivity contribution in [1.29, 1.82) is 0 Å². The molecule has 0 bridgehead atoms. The molecule has 0 saturated carbocycles. The van der Waals surface area contributed by atoms with Crippen LogP contribution in [0.3, 0.4) is 0 Å². The average molecular weight is 595 g/mol. The summed E-state index contributed by atoms with van der Waals surface area (Å²) in [4.78, 5) is 33.4. The molecular formula is C29H29ClN5O5S+. The van der Waals surface area contributed by atoms with E-state index in [-0.39, 0.29) is 26.9 Å². The van der Waals surface area contributed by atoms with Crippen molar-refractivity contribution < 1.29 is 22.6 Å². The van der Waals surface area contributed by atoms with Gasteiger partial charge >= 0.3 is 0 Å². The highest BCUT2D eigenvalue weighted by atomic mass is 35.5. The van der Waals surface area contributed by atoms with Crippen molar-refractivity contribution in [3.8, 4) is 0 Å². The molecule has 0 saturated heterocycles. The number of halogens is 1. The fourth-order valence-electron chi connectivity index (χ4n) is 4.37. The molecule has 41 heavy (non-hydrogen) atoms. The van der Waals surface area contributed by atoms with Crippen molar-refractivity contribution in [2.75, 3.05) is 12.4 Å². The molecule has 0 radical (unpaired) electrons. The number of benzene rings is 2. The number of anilines is 1. The Hall–Kier alpha value is -4.48. The summed E-state index contributed by atoms with van der Waals surface area (Å²) in [5, 5.41) is 3.59. The zero-order valence-electron chi connectivity index (χ0n) is 22.8. The minimum atomic E-state index is -4.17. The van der Waals surface area contributed by atoms with Crippen LogP contribution in [0.1, 0.15) is 45.9 Å². The summed E-state index contributed by atoms with van der Waals surface area (Å²) < 4.78 is 33.9. The summed E-state index contributed by atoms with van der Waals surface area (Å²) in [7, 11) is -2.46. The molecule has 1 atom stereocenters. The van der Waals surface area contributed by atoms with Gasteiger partial charge in [0.1, 0.15) is 23.5 Å². The molecule has 212 valence electrons. The van der Waals surface area contributed by atoms with Crippen molar-refractivity contribution >= 4 is 56.0 Å². The van der Waals surface area contributed by atoms with Gasteiger partial charge in [-0.2, -0.15) is 0 Å². The molecule has 12 heteroatoms. The van der Waals surface area contributed by atoms with E-state index in [2.05, 4.69) is 15.3 Å². The van der Waals surface area contributed by atoms with Crippen LogP contribution in [-0.2, 0) is 10.0 Å². The van der Waals surface area contributed by atoms with E-state index in [0.717, 1.165) is 5.56 Å². The summed E-state index contributed by atoms with van der Waals surface area (Å²) in [5.41, 5.74) is 8.27. The highest BCUT2D eigenvalue weighted by molar-refractivity contribution is 7.90. The first kappa shape index (κ1) is 29.5. The van der Waals surface area contributed by atoms with Gasteiger partial charge in [0.05, 0.1) is 27.6 Å². The van der Waals surface area contributed by atoms with Crippen LogP contribution in [-0.4, -0.2) is 32.6 Å². The zero-order valence-corrected chi connectivity index (χ0v) is 24.4.